The van der Waals surface area contributed by atoms with Crippen LogP contribution in [0, 0.1) is 10.1 Å². The summed E-state index contributed by atoms with van der Waals surface area (Å²) in [6, 6.07) is 6.84. The number of anilines is 1. The molecular weight excluding hydrogens is 274 g/mol. The van der Waals surface area contributed by atoms with Gasteiger partial charge in [-0.3, -0.25) is 10.1 Å². The third kappa shape index (κ3) is 2.96. The summed E-state index contributed by atoms with van der Waals surface area (Å²) in [5, 5.41) is 13.6. The predicted molar refractivity (Wildman–Crippen MR) is 72.3 cm³/mol. The van der Waals surface area contributed by atoms with Gasteiger partial charge in [-0.15, -0.1) is 11.3 Å². The number of aromatic nitrogens is 1. The molecule has 0 bridgehead atoms. The lowest BCUT2D eigenvalue weighted by Gasteiger charge is -2.12. The molecule has 1 atom stereocenters. The number of nitrogens with one attached hydrogen (secondary N) is 1. The van der Waals surface area contributed by atoms with Crippen LogP contribution in [-0.2, 0) is 0 Å². The molecule has 18 heavy (non-hydrogen) atoms. The Hall–Kier alpha value is -1.66. The first-order valence-corrected chi connectivity index (χ1v) is 6.38. The summed E-state index contributed by atoms with van der Waals surface area (Å²) < 4.78 is 0.732. The predicted octanol–water partition coefficient (Wildman–Crippen LogP) is 3.88. The quantitative estimate of drug-likeness (QED) is 0.683. The van der Waals surface area contributed by atoms with Gasteiger partial charge in [-0.2, -0.15) is 0 Å². The number of hydrogen-bond donors (Lipinski definition) is 1. The minimum Gasteiger partial charge on any atom is -0.363 e. The van der Waals surface area contributed by atoms with Crippen molar-refractivity contribution in [1.82, 2.24) is 4.98 Å². The van der Waals surface area contributed by atoms with Crippen LogP contribution in [0.1, 0.15) is 17.8 Å². The Bertz CT molecular complexity index is 556. The molecule has 0 saturated carbocycles. The van der Waals surface area contributed by atoms with E-state index in [4.69, 9.17) is 11.6 Å². The molecule has 5 nitrogen and oxygen atoms in total. The zero-order valence-corrected chi connectivity index (χ0v) is 11.0. The highest BCUT2D eigenvalue weighted by atomic mass is 35.5. The summed E-state index contributed by atoms with van der Waals surface area (Å²) in [6.07, 6.45) is 1.23. The van der Waals surface area contributed by atoms with Crippen molar-refractivity contribution in [3.05, 3.63) is 49.8 Å². The van der Waals surface area contributed by atoms with E-state index >= 15 is 0 Å². The Morgan fingerprint density at radius 1 is 1.44 bits per heavy atom. The summed E-state index contributed by atoms with van der Waals surface area (Å²) in [7, 11) is 0. The van der Waals surface area contributed by atoms with Crippen molar-refractivity contribution >= 4 is 34.4 Å². The highest BCUT2D eigenvalue weighted by Gasteiger charge is 2.10. The molecule has 2 rings (SSSR count). The molecule has 0 radical (unpaired) electrons. The first-order valence-electron chi connectivity index (χ1n) is 5.18. The largest absolute Gasteiger partial charge is 0.363 e. The molecule has 2 heterocycles. The molecule has 0 aromatic carbocycles. The molecule has 0 aliphatic carbocycles. The number of nitrogens with zero attached hydrogens (tertiary/aromatic N) is 2. The van der Waals surface area contributed by atoms with Crippen molar-refractivity contribution in [2.45, 2.75) is 13.0 Å². The number of pyridine rings is 1. The standard InChI is InChI=1S/C11H10ClN3O2S/c1-7(9-3-4-10(12)18-9)14-11-5-2-8(6-13-11)15(16)17/h2-7H,1H3,(H,13,14). The average molecular weight is 284 g/mol. The molecule has 2 aromatic rings. The third-order valence-electron chi connectivity index (χ3n) is 2.34. The SMILES string of the molecule is CC(Nc1ccc([N+](=O)[O-])cn1)c1ccc(Cl)s1. The van der Waals surface area contributed by atoms with Gasteiger partial charge in [0.1, 0.15) is 12.0 Å². The Morgan fingerprint density at radius 2 is 2.22 bits per heavy atom. The minimum absolute atomic E-state index is 0.0210. The van der Waals surface area contributed by atoms with E-state index in [9.17, 15) is 10.1 Å². The van der Waals surface area contributed by atoms with E-state index < -0.39 is 4.92 Å². The van der Waals surface area contributed by atoms with Crippen molar-refractivity contribution in [1.29, 1.82) is 0 Å². The monoisotopic (exact) mass is 283 g/mol. The van der Waals surface area contributed by atoms with Crippen molar-refractivity contribution < 1.29 is 4.92 Å². The van der Waals surface area contributed by atoms with Gasteiger partial charge in [0.15, 0.2) is 0 Å². The molecule has 0 amide bonds. The molecule has 0 spiro atoms. The lowest BCUT2D eigenvalue weighted by atomic mass is 10.2. The van der Waals surface area contributed by atoms with Gasteiger partial charge >= 0.3 is 0 Å². The van der Waals surface area contributed by atoms with Gasteiger partial charge in [0.05, 0.1) is 15.3 Å². The van der Waals surface area contributed by atoms with Gasteiger partial charge in [0.2, 0.25) is 0 Å². The fraction of sp³-hybridized carbons (Fsp3) is 0.182. The summed E-state index contributed by atoms with van der Waals surface area (Å²) in [6.45, 7) is 1.98. The number of rotatable bonds is 4. The Labute approximate surface area is 113 Å². The fourth-order valence-corrected chi connectivity index (χ4v) is 2.50. The lowest BCUT2D eigenvalue weighted by Crippen LogP contribution is -2.06. The first-order chi connectivity index (χ1) is 8.56. The molecule has 0 aliphatic heterocycles. The summed E-state index contributed by atoms with van der Waals surface area (Å²) in [4.78, 5) is 15.1. The van der Waals surface area contributed by atoms with Crippen LogP contribution in [0.25, 0.3) is 0 Å². The van der Waals surface area contributed by atoms with Crippen LogP contribution in [0.3, 0.4) is 0 Å². The molecule has 0 aliphatic rings. The summed E-state index contributed by atoms with van der Waals surface area (Å²) in [5.74, 6) is 0.595. The van der Waals surface area contributed by atoms with Gasteiger partial charge in [-0.1, -0.05) is 11.6 Å². The lowest BCUT2D eigenvalue weighted by molar-refractivity contribution is -0.385. The number of halogens is 1. The molecule has 1 unspecified atom stereocenters. The van der Waals surface area contributed by atoms with E-state index in [1.807, 2.05) is 19.1 Å². The Balaban J connectivity index is 2.07. The van der Waals surface area contributed by atoms with E-state index in [2.05, 4.69) is 10.3 Å². The molecular formula is C11H10ClN3O2S. The average Bonchev–Trinajstić information content (AvgIpc) is 2.76. The first kappa shape index (κ1) is 12.8. The fourth-order valence-electron chi connectivity index (χ4n) is 1.43. The van der Waals surface area contributed by atoms with Crippen LogP contribution in [0.5, 0.6) is 0 Å². The van der Waals surface area contributed by atoms with E-state index in [-0.39, 0.29) is 11.7 Å². The smallest absolute Gasteiger partial charge is 0.287 e. The summed E-state index contributed by atoms with van der Waals surface area (Å²) >= 11 is 7.35. The molecule has 2 aromatic heterocycles. The van der Waals surface area contributed by atoms with Crippen LogP contribution in [0.15, 0.2) is 30.5 Å². The van der Waals surface area contributed by atoms with Crippen LogP contribution >= 0.6 is 22.9 Å². The maximum atomic E-state index is 10.5. The second-order valence-electron chi connectivity index (χ2n) is 3.67. The van der Waals surface area contributed by atoms with Gasteiger partial charge in [0.25, 0.3) is 5.69 Å². The van der Waals surface area contributed by atoms with Gasteiger partial charge in [-0.05, 0) is 25.1 Å². The molecule has 0 saturated heterocycles. The van der Waals surface area contributed by atoms with Crippen molar-refractivity contribution in [2.75, 3.05) is 5.32 Å². The van der Waals surface area contributed by atoms with Crippen LogP contribution in [0.2, 0.25) is 4.34 Å². The van der Waals surface area contributed by atoms with Crippen LogP contribution in [-0.4, -0.2) is 9.91 Å². The molecule has 7 heteroatoms. The number of nitro groups is 1. The van der Waals surface area contributed by atoms with Crippen molar-refractivity contribution in [2.24, 2.45) is 0 Å². The van der Waals surface area contributed by atoms with Crippen LogP contribution < -0.4 is 5.32 Å². The number of thiophene rings is 1. The second kappa shape index (κ2) is 5.32. The van der Waals surface area contributed by atoms with E-state index in [1.54, 1.807) is 6.07 Å². The number of hydrogen-bond acceptors (Lipinski definition) is 5. The second-order valence-corrected chi connectivity index (χ2v) is 5.41. The van der Waals surface area contributed by atoms with Crippen molar-refractivity contribution in [3.63, 3.8) is 0 Å². The van der Waals surface area contributed by atoms with Crippen LogP contribution in [0.4, 0.5) is 11.5 Å². The zero-order valence-electron chi connectivity index (χ0n) is 9.46. The van der Waals surface area contributed by atoms with Gasteiger partial charge in [-0.25, -0.2) is 4.98 Å². The topological polar surface area (TPSA) is 68.1 Å². The maximum Gasteiger partial charge on any atom is 0.287 e. The van der Waals surface area contributed by atoms with E-state index in [1.165, 1.54) is 23.6 Å². The third-order valence-corrected chi connectivity index (χ3v) is 3.76. The Morgan fingerprint density at radius 3 is 2.72 bits per heavy atom. The maximum absolute atomic E-state index is 10.5. The zero-order chi connectivity index (χ0) is 13.1. The van der Waals surface area contributed by atoms with E-state index in [0.717, 1.165) is 9.21 Å². The molecule has 1 N–H and O–H groups in total. The van der Waals surface area contributed by atoms with Crippen molar-refractivity contribution in [3.8, 4) is 0 Å². The highest BCUT2D eigenvalue weighted by Crippen LogP contribution is 2.28. The Kier molecular flexibility index (Phi) is 3.78. The van der Waals surface area contributed by atoms with Gasteiger partial charge in [0, 0.05) is 10.9 Å². The highest BCUT2D eigenvalue weighted by molar-refractivity contribution is 7.16. The summed E-state index contributed by atoms with van der Waals surface area (Å²) in [5.41, 5.74) is -0.0210. The molecule has 94 valence electrons. The normalized spacial score (nSPS) is 12.1. The molecule has 0 fully saturated rings. The van der Waals surface area contributed by atoms with Gasteiger partial charge < -0.3 is 5.32 Å². The minimum atomic E-state index is -0.473. The van der Waals surface area contributed by atoms with E-state index in [0.29, 0.717) is 5.82 Å².